The van der Waals surface area contributed by atoms with Gasteiger partial charge in [0.15, 0.2) is 0 Å². The van der Waals surface area contributed by atoms with E-state index in [9.17, 15) is 4.79 Å². The summed E-state index contributed by atoms with van der Waals surface area (Å²) in [5.41, 5.74) is -0.514. The molecule has 4 nitrogen and oxygen atoms in total. The van der Waals surface area contributed by atoms with Crippen molar-refractivity contribution >= 4 is 38.0 Å². The van der Waals surface area contributed by atoms with Gasteiger partial charge >= 0.3 is 6.09 Å². The lowest BCUT2D eigenvalue weighted by molar-refractivity contribution is 0.0529. The summed E-state index contributed by atoms with van der Waals surface area (Å²) in [7, 11) is 0. The van der Waals surface area contributed by atoms with Crippen LogP contribution >= 0.6 is 31.9 Å². The fourth-order valence-electron chi connectivity index (χ4n) is 0.992. The molecule has 1 rings (SSSR count). The number of aromatic nitrogens is 2. The highest BCUT2D eigenvalue weighted by molar-refractivity contribution is 9.13. The van der Waals surface area contributed by atoms with Gasteiger partial charge in [-0.05, 0) is 59.6 Å². The van der Waals surface area contributed by atoms with Crippen molar-refractivity contribution in [3.05, 3.63) is 15.0 Å². The molecule has 0 N–H and O–H groups in total. The second kappa shape index (κ2) is 4.25. The van der Waals surface area contributed by atoms with Gasteiger partial charge < -0.3 is 4.74 Å². The fourth-order valence-corrected chi connectivity index (χ4v) is 1.92. The fraction of sp³-hybridized carbons (Fsp3) is 0.556. The molecule has 0 fully saturated rings. The van der Waals surface area contributed by atoms with Crippen molar-refractivity contribution in [2.24, 2.45) is 0 Å². The van der Waals surface area contributed by atoms with Gasteiger partial charge in [-0.15, -0.1) is 0 Å². The smallest absolute Gasteiger partial charge is 0.420 e. The standard InChI is InChI=1S/C9H12Br2N2O2/c1-5-12-6(10)7(11)13(5)8(14)15-9(2,3)4/h1-4H3. The highest BCUT2D eigenvalue weighted by Crippen LogP contribution is 2.24. The summed E-state index contributed by atoms with van der Waals surface area (Å²) in [5.74, 6) is 0.572. The van der Waals surface area contributed by atoms with Crippen LogP contribution in [0.25, 0.3) is 0 Å². The number of halogens is 2. The van der Waals surface area contributed by atoms with Crippen LogP contribution in [0.15, 0.2) is 9.21 Å². The number of carbonyl (C=O) groups excluding carboxylic acids is 1. The third kappa shape index (κ3) is 3.04. The number of ether oxygens (including phenoxy) is 1. The van der Waals surface area contributed by atoms with Crippen LogP contribution in [0.2, 0.25) is 0 Å². The van der Waals surface area contributed by atoms with E-state index < -0.39 is 11.7 Å². The third-order valence-corrected chi connectivity index (χ3v) is 3.34. The maximum atomic E-state index is 11.8. The molecule has 0 aliphatic heterocycles. The zero-order chi connectivity index (χ0) is 11.8. The van der Waals surface area contributed by atoms with E-state index in [2.05, 4.69) is 36.8 Å². The van der Waals surface area contributed by atoms with Gasteiger partial charge in [0, 0.05) is 0 Å². The highest BCUT2D eigenvalue weighted by Gasteiger charge is 2.22. The molecule has 0 aliphatic carbocycles. The van der Waals surface area contributed by atoms with Crippen molar-refractivity contribution in [3.8, 4) is 0 Å². The predicted molar refractivity (Wildman–Crippen MR) is 64.0 cm³/mol. The van der Waals surface area contributed by atoms with Gasteiger partial charge in [-0.3, -0.25) is 0 Å². The first-order valence-corrected chi connectivity index (χ1v) is 5.94. The Labute approximate surface area is 105 Å². The molecule has 1 aromatic heterocycles. The molecule has 84 valence electrons. The van der Waals surface area contributed by atoms with Crippen molar-refractivity contribution in [3.63, 3.8) is 0 Å². The summed E-state index contributed by atoms with van der Waals surface area (Å²) in [5, 5.41) is 0. The van der Waals surface area contributed by atoms with Crippen LogP contribution < -0.4 is 0 Å². The third-order valence-electron chi connectivity index (χ3n) is 1.53. The largest absolute Gasteiger partial charge is 0.443 e. The lowest BCUT2D eigenvalue weighted by atomic mass is 10.2. The monoisotopic (exact) mass is 338 g/mol. The molecule has 0 bridgehead atoms. The van der Waals surface area contributed by atoms with E-state index in [1.165, 1.54) is 4.57 Å². The van der Waals surface area contributed by atoms with Gasteiger partial charge in [0.1, 0.15) is 20.6 Å². The molecule has 0 amide bonds. The number of imidazole rings is 1. The SMILES string of the molecule is Cc1nc(Br)c(Br)n1C(=O)OC(C)(C)C. The molecule has 1 aromatic rings. The van der Waals surface area contributed by atoms with E-state index in [0.717, 1.165) is 0 Å². The van der Waals surface area contributed by atoms with Crippen LogP contribution in [0.1, 0.15) is 26.6 Å². The lowest BCUT2D eigenvalue weighted by Crippen LogP contribution is -2.27. The molecule has 6 heteroatoms. The predicted octanol–water partition coefficient (Wildman–Crippen LogP) is 3.50. The normalized spacial score (nSPS) is 11.6. The van der Waals surface area contributed by atoms with Gasteiger partial charge in [0.2, 0.25) is 0 Å². The molecule has 0 atom stereocenters. The van der Waals surface area contributed by atoms with Gasteiger partial charge in [-0.25, -0.2) is 14.3 Å². The van der Waals surface area contributed by atoms with Crippen LogP contribution in [-0.4, -0.2) is 21.2 Å². The number of nitrogens with zero attached hydrogens (tertiary/aromatic N) is 2. The maximum Gasteiger partial charge on any atom is 0.420 e. The number of carbonyl (C=O) groups is 1. The number of aryl methyl sites for hydroxylation is 1. The first-order chi connectivity index (χ1) is 6.72. The summed E-state index contributed by atoms with van der Waals surface area (Å²) in [6.45, 7) is 7.19. The Morgan fingerprint density at radius 3 is 2.27 bits per heavy atom. The Morgan fingerprint density at radius 1 is 1.40 bits per heavy atom. The summed E-state index contributed by atoms with van der Waals surface area (Å²) in [4.78, 5) is 15.9. The first-order valence-electron chi connectivity index (χ1n) is 4.36. The molecule has 0 aliphatic rings. The second-order valence-electron chi connectivity index (χ2n) is 4.06. The van der Waals surface area contributed by atoms with E-state index in [1.807, 2.05) is 20.8 Å². The molecule has 0 aromatic carbocycles. The summed E-state index contributed by atoms with van der Waals surface area (Å²) in [6, 6.07) is 0. The lowest BCUT2D eigenvalue weighted by Gasteiger charge is -2.20. The zero-order valence-corrected chi connectivity index (χ0v) is 12.1. The zero-order valence-electron chi connectivity index (χ0n) is 8.97. The molecule has 0 spiro atoms. The minimum Gasteiger partial charge on any atom is -0.443 e. The molecule has 1 heterocycles. The molecular formula is C9H12Br2N2O2. The van der Waals surface area contributed by atoms with Crippen molar-refractivity contribution in [2.75, 3.05) is 0 Å². The van der Waals surface area contributed by atoms with Crippen LogP contribution in [0, 0.1) is 6.92 Å². The van der Waals surface area contributed by atoms with Gasteiger partial charge in [0.05, 0.1) is 0 Å². The molecule has 0 saturated carbocycles. The summed E-state index contributed by atoms with van der Waals surface area (Å²) < 4.78 is 7.76. The summed E-state index contributed by atoms with van der Waals surface area (Å²) >= 11 is 6.49. The second-order valence-corrected chi connectivity index (χ2v) is 5.56. The van der Waals surface area contributed by atoms with Crippen LogP contribution in [0.4, 0.5) is 4.79 Å². The van der Waals surface area contributed by atoms with Crippen molar-refractivity contribution in [1.82, 2.24) is 9.55 Å². The highest BCUT2D eigenvalue weighted by atomic mass is 79.9. The van der Waals surface area contributed by atoms with E-state index in [0.29, 0.717) is 15.0 Å². The van der Waals surface area contributed by atoms with E-state index in [-0.39, 0.29) is 0 Å². The van der Waals surface area contributed by atoms with Crippen LogP contribution in [0.5, 0.6) is 0 Å². The maximum absolute atomic E-state index is 11.8. The Balaban J connectivity index is 3.02. The van der Waals surface area contributed by atoms with Gasteiger partial charge in [0.25, 0.3) is 0 Å². The van der Waals surface area contributed by atoms with Crippen molar-refractivity contribution in [1.29, 1.82) is 0 Å². The van der Waals surface area contributed by atoms with Crippen molar-refractivity contribution in [2.45, 2.75) is 33.3 Å². The minimum absolute atomic E-state index is 0.440. The Hall–Kier alpha value is -0.360. The average Bonchev–Trinajstić information content (AvgIpc) is 2.22. The van der Waals surface area contributed by atoms with E-state index >= 15 is 0 Å². The minimum atomic E-state index is -0.514. The molecule has 0 radical (unpaired) electrons. The number of hydrogen-bond acceptors (Lipinski definition) is 3. The Kier molecular flexibility index (Phi) is 3.60. The van der Waals surface area contributed by atoms with E-state index in [1.54, 1.807) is 6.92 Å². The van der Waals surface area contributed by atoms with Crippen LogP contribution in [0.3, 0.4) is 0 Å². The summed E-state index contributed by atoms with van der Waals surface area (Å²) in [6.07, 6.45) is -0.440. The molecule has 0 unspecified atom stereocenters. The van der Waals surface area contributed by atoms with Gasteiger partial charge in [-0.2, -0.15) is 0 Å². The Morgan fingerprint density at radius 2 is 1.93 bits per heavy atom. The molecule has 15 heavy (non-hydrogen) atoms. The van der Waals surface area contributed by atoms with Gasteiger partial charge in [-0.1, -0.05) is 0 Å². The average molecular weight is 340 g/mol. The quantitative estimate of drug-likeness (QED) is 0.726. The number of rotatable bonds is 0. The van der Waals surface area contributed by atoms with E-state index in [4.69, 9.17) is 4.74 Å². The topological polar surface area (TPSA) is 44.1 Å². The molecular weight excluding hydrogens is 328 g/mol. The number of hydrogen-bond donors (Lipinski definition) is 0. The Bertz CT molecular complexity index is 394. The van der Waals surface area contributed by atoms with Crippen molar-refractivity contribution < 1.29 is 9.53 Å². The van der Waals surface area contributed by atoms with Crippen LogP contribution in [-0.2, 0) is 4.74 Å². The molecule has 0 saturated heterocycles. The first kappa shape index (κ1) is 12.7.